The minimum Gasteiger partial charge on any atom is -0.478 e. The van der Waals surface area contributed by atoms with E-state index in [-0.39, 0.29) is 26.2 Å². The van der Waals surface area contributed by atoms with Crippen molar-refractivity contribution in [1.82, 2.24) is 0 Å². The van der Waals surface area contributed by atoms with Gasteiger partial charge in [0.1, 0.15) is 0 Å². The summed E-state index contributed by atoms with van der Waals surface area (Å²) in [5.41, 5.74) is 1.18. The van der Waals surface area contributed by atoms with Gasteiger partial charge in [0.25, 0.3) is 0 Å². The number of hydrogen-bond acceptors (Lipinski definition) is 1. The van der Waals surface area contributed by atoms with Crippen molar-refractivity contribution in [2.24, 2.45) is 0 Å². The average Bonchev–Trinajstić information content (AvgIpc) is 1.88. The Bertz CT molecular complexity index is 258. The fraction of sp³-hybridized carbons (Fsp3) is 0.125. The number of hydrogen-bond donors (Lipinski definition) is 1. The fourth-order valence-corrected chi connectivity index (χ4v) is 0.813. The molecule has 56 valence electrons. The number of aromatic carboxylic acids is 1. The third-order valence-electron chi connectivity index (χ3n) is 1.38. The summed E-state index contributed by atoms with van der Waals surface area (Å²) in [5.74, 6) is -0.863. The molecule has 0 aliphatic rings. The maximum absolute atomic E-state index is 10.4. The van der Waals surface area contributed by atoms with Crippen molar-refractivity contribution < 1.29 is 36.1 Å². The van der Waals surface area contributed by atoms with Crippen molar-refractivity contribution >= 4 is 5.97 Å². The number of carboxylic acid groups (broad SMARTS) is 1. The van der Waals surface area contributed by atoms with Gasteiger partial charge < -0.3 is 5.11 Å². The fourth-order valence-electron chi connectivity index (χ4n) is 0.813. The van der Waals surface area contributed by atoms with Gasteiger partial charge in [0.05, 0.1) is 5.56 Å². The molecule has 1 rings (SSSR count). The van der Waals surface area contributed by atoms with E-state index in [2.05, 4.69) is 0 Å². The van der Waals surface area contributed by atoms with Crippen LogP contribution in [0.25, 0.3) is 0 Å². The van der Waals surface area contributed by atoms with Crippen molar-refractivity contribution in [1.29, 1.82) is 0 Å². The quantitative estimate of drug-likeness (QED) is 0.793. The summed E-state index contributed by atoms with van der Waals surface area (Å²) < 4.78 is 0. The van der Waals surface area contributed by atoms with Gasteiger partial charge >= 0.3 is 5.97 Å². The first kappa shape index (κ1) is 10.6. The number of rotatable bonds is 1. The second kappa shape index (κ2) is 4.45. The van der Waals surface area contributed by atoms with Gasteiger partial charge in [-0.15, -0.1) is 0 Å². The maximum atomic E-state index is 10.4. The zero-order valence-corrected chi connectivity index (χ0v) is 8.62. The molecule has 0 radical (unpaired) electrons. The number of benzene rings is 1. The summed E-state index contributed by atoms with van der Waals surface area (Å²) in [5, 5.41) is 8.57. The van der Waals surface area contributed by atoms with Crippen LogP contribution < -0.4 is 0 Å². The van der Waals surface area contributed by atoms with E-state index in [1.807, 2.05) is 6.07 Å². The molecule has 0 bridgehead atoms. The zero-order chi connectivity index (χ0) is 7.56. The Morgan fingerprint density at radius 2 is 1.91 bits per heavy atom. The summed E-state index contributed by atoms with van der Waals surface area (Å²) in [4.78, 5) is 10.4. The van der Waals surface area contributed by atoms with E-state index in [4.69, 9.17) is 5.11 Å². The molecule has 11 heavy (non-hydrogen) atoms. The van der Waals surface area contributed by atoms with Gasteiger partial charge in [0.2, 0.25) is 0 Å². The van der Waals surface area contributed by atoms with Gasteiger partial charge in [0.15, 0.2) is 0 Å². The Balaban J connectivity index is 0.000001000. The first-order chi connectivity index (χ1) is 4.72. The Hall–Kier alpha value is -0.427. The van der Waals surface area contributed by atoms with Crippen LogP contribution in [0.2, 0.25) is 0 Å². The molecule has 0 atom stereocenters. The van der Waals surface area contributed by atoms with Gasteiger partial charge in [-0.25, -0.2) is 4.79 Å². The van der Waals surface area contributed by atoms with Crippen LogP contribution in [0.3, 0.4) is 0 Å². The molecular formula is C8H8O2Zr. The average molecular weight is 227 g/mol. The monoisotopic (exact) mass is 226 g/mol. The first-order valence-electron chi connectivity index (χ1n) is 3.01. The van der Waals surface area contributed by atoms with Crippen LogP contribution in [0.15, 0.2) is 24.3 Å². The topological polar surface area (TPSA) is 37.3 Å². The van der Waals surface area contributed by atoms with E-state index in [0.29, 0.717) is 5.56 Å². The van der Waals surface area contributed by atoms with Gasteiger partial charge in [-0.3, -0.25) is 0 Å². The number of carboxylic acids is 1. The van der Waals surface area contributed by atoms with Crippen molar-refractivity contribution in [2.45, 2.75) is 6.92 Å². The third kappa shape index (κ3) is 2.59. The number of carbonyl (C=O) groups is 1. The zero-order valence-electron chi connectivity index (χ0n) is 6.16. The Kier molecular flexibility index (Phi) is 4.28. The van der Waals surface area contributed by atoms with Crippen LogP contribution in [0.5, 0.6) is 0 Å². The molecule has 0 unspecified atom stereocenters. The van der Waals surface area contributed by atoms with E-state index in [9.17, 15) is 4.79 Å². The molecule has 2 nitrogen and oxygen atoms in total. The normalized spacial score (nSPS) is 8.45. The SMILES string of the molecule is Cc1ccccc1C(=O)O.[Zr]. The minimum atomic E-state index is -0.863. The smallest absolute Gasteiger partial charge is 0.335 e. The predicted molar refractivity (Wildman–Crippen MR) is 38.1 cm³/mol. The summed E-state index contributed by atoms with van der Waals surface area (Å²) in [6.45, 7) is 1.78. The maximum Gasteiger partial charge on any atom is 0.335 e. The molecule has 0 aliphatic heterocycles. The molecular weight excluding hydrogens is 219 g/mol. The first-order valence-corrected chi connectivity index (χ1v) is 3.01. The molecule has 1 aromatic carbocycles. The molecule has 1 N–H and O–H groups in total. The predicted octanol–water partition coefficient (Wildman–Crippen LogP) is 1.69. The van der Waals surface area contributed by atoms with Crippen LogP contribution in [-0.4, -0.2) is 11.1 Å². The van der Waals surface area contributed by atoms with E-state index < -0.39 is 5.97 Å². The Morgan fingerprint density at radius 3 is 2.27 bits per heavy atom. The molecule has 0 amide bonds. The van der Waals surface area contributed by atoms with Gasteiger partial charge in [-0.1, -0.05) is 18.2 Å². The molecule has 0 fully saturated rings. The van der Waals surface area contributed by atoms with Gasteiger partial charge in [-0.05, 0) is 18.6 Å². The molecule has 0 spiro atoms. The van der Waals surface area contributed by atoms with Crippen LogP contribution in [0, 0.1) is 6.92 Å². The van der Waals surface area contributed by atoms with E-state index >= 15 is 0 Å². The molecule has 1 aromatic rings. The Morgan fingerprint density at radius 1 is 1.36 bits per heavy atom. The third-order valence-corrected chi connectivity index (χ3v) is 1.38. The van der Waals surface area contributed by atoms with Crippen molar-refractivity contribution in [2.75, 3.05) is 0 Å². The minimum absolute atomic E-state index is 0. The summed E-state index contributed by atoms with van der Waals surface area (Å²) in [7, 11) is 0. The molecule has 0 heterocycles. The van der Waals surface area contributed by atoms with E-state index in [0.717, 1.165) is 5.56 Å². The summed E-state index contributed by atoms with van der Waals surface area (Å²) >= 11 is 0. The van der Waals surface area contributed by atoms with Crippen LogP contribution in [0.4, 0.5) is 0 Å². The second-order valence-electron chi connectivity index (χ2n) is 2.12. The van der Waals surface area contributed by atoms with Crippen LogP contribution >= 0.6 is 0 Å². The van der Waals surface area contributed by atoms with Crippen molar-refractivity contribution in [3.05, 3.63) is 35.4 Å². The molecule has 3 heteroatoms. The van der Waals surface area contributed by atoms with Crippen LogP contribution in [0.1, 0.15) is 15.9 Å². The standard InChI is InChI=1S/C8H8O2.Zr/c1-6-4-2-3-5-7(6)8(9)10;/h2-5H,1H3,(H,9,10);. The van der Waals surface area contributed by atoms with E-state index in [1.165, 1.54) is 0 Å². The molecule has 0 saturated heterocycles. The molecule has 0 aromatic heterocycles. The largest absolute Gasteiger partial charge is 0.478 e. The Labute approximate surface area is 84.4 Å². The van der Waals surface area contributed by atoms with Gasteiger partial charge in [-0.2, -0.15) is 0 Å². The molecule has 0 saturated carbocycles. The van der Waals surface area contributed by atoms with Crippen molar-refractivity contribution in [3.8, 4) is 0 Å². The second-order valence-corrected chi connectivity index (χ2v) is 2.12. The van der Waals surface area contributed by atoms with Crippen LogP contribution in [-0.2, 0) is 26.2 Å². The van der Waals surface area contributed by atoms with Gasteiger partial charge in [0, 0.05) is 26.2 Å². The van der Waals surface area contributed by atoms with Crippen molar-refractivity contribution in [3.63, 3.8) is 0 Å². The summed E-state index contributed by atoms with van der Waals surface area (Å²) in [6.07, 6.45) is 0. The summed E-state index contributed by atoms with van der Waals surface area (Å²) in [6, 6.07) is 6.92. The molecule has 0 aliphatic carbocycles. The van der Waals surface area contributed by atoms with E-state index in [1.54, 1.807) is 25.1 Å². The number of aryl methyl sites for hydroxylation is 1.